The number of carboxylic acid groups (broad SMARTS) is 1. The highest BCUT2D eigenvalue weighted by molar-refractivity contribution is 5.89. The van der Waals surface area contributed by atoms with Gasteiger partial charge in [0.25, 0.3) is 0 Å². The normalized spacial score (nSPS) is 10.5. The molecule has 1 aromatic carbocycles. The fourth-order valence-electron chi connectivity index (χ4n) is 1.88. The first-order chi connectivity index (χ1) is 8.11. The van der Waals surface area contributed by atoms with Crippen LogP contribution in [0.25, 0.3) is 11.3 Å². The molecular weight excluding hydrogens is 216 g/mol. The highest BCUT2D eigenvalue weighted by atomic mass is 16.4. The predicted octanol–water partition coefficient (Wildman–Crippen LogP) is 2.58. The first kappa shape index (κ1) is 11.4. The molecule has 4 heteroatoms. The van der Waals surface area contributed by atoms with Crippen LogP contribution in [-0.4, -0.2) is 20.9 Å². The number of aromatic carboxylic acids is 1. The van der Waals surface area contributed by atoms with E-state index in [2.05, 4.69) is 5.10 Å². The molecule has 0 unspecified atom stereocenters. The van der Waals surface area contributed by atoms with Gasteiger partial charge in [-0.05, 0) is 43.7 Å². The molecule has 2 rings (SSSR count). The van der Waals surface area contributed by atoms with Crippen molar-refractivity contribution in [1.82, 2.24) is 9.78 Å². The number of carboxylic acids is 1. The summed E-state index contributed by atoms with van der Waals surface area (Å²) in [5.41, 5.74) is 3.08. The first-order valence-corrected chi connectivity index (χ1v) is 5.49. The smallest absolute Gasteiger partial charge is 0.335 e. The molecule has 1 N–H and O–H groups in total. The van der Waals surface area contributed by atoms with Crippen molar-refractivity contribution < 1.29 is 9.90 Å². The van der Waals surface area contributed by atoms with E-state index in [1.165, 1.54) is 0 Å². The highest BCUT2D eigenvalue weighted by Crippen LogP contribution is 2.22. The second-order valence-corrected chi connectivity index (χ2v) is 3.93. The van der Waals surface area contributed by atoms with Gasteiger partial charge in [0, 0.05) is 18.3 Å². The standard InChI is InChI=1S/C13H14N2O2/c1-3-15-12(4-5-14-15)10-6-9(2)7-11(8-10)13(16)17/h4-8H,3H2,1-2H3,(H,16,17). The third-order valence-electron chi connectivity index (χ3n) is 2.64. The molecular formula is C13H14N2O2. The van der Waals surface area contributed by atoms with Gasteiger partial charge in [0.2, 0.25) is 0 Å². The van der Waals surface area contributed by atoms with Crippen LogP contribution in [0.5, 0.6) is 0 Å². The Morgan fingerprint density at radius 3 is 2.82 bits per heavy atom. The van der Waals surface area contributed by atoms with E-state index in [1.807, 2.05) is 30.7 Å². The minimum absolute atomic E-state index is 0.309. The van der Waals surface area contributed by atoms with Crippen molar-refractivity contribution in [1.29, 1.82) is 0 Å². The van der Waals surface area contributed by atoms with Gasteiger partial charge in [0.05, 0.1) is 11.3 Å². The average molecular weight is 230 g/mol. The Hall–Kier alpha value is -2.10. The van der Waals surface area contributed by atoms with Gasteiger partial charge < -0.3 is 5.11 Å². The molecule has 0 bridgehead atoms. The van der Waals surface area contributed by atoms with Gasteiger partial charge in [-0.25, -0.2) is 4.79 Å². The van der Waals surface area contributed by atoms with Crippen LogP contribution in [0.2, 0.25) is 0 Å². The molecule has 2 aromatic rings. The van der Waals surface area contributed by atoms with Crippen LogP contribution in [-0.2, 0) is 6.54 Å². The van der Waals surface area contributed by atoms with Crippen molar-refractivity contribution in [2.75, 3.05) is 0 Å². The first-order valence-electron chi connectivity index (χ1n) is 5.49. The van der Waals surface area contributed by atoms with Crippen molar-refractivity contribution >= 4 is 5.97 Å². The molecule has 0 atom stereocenters. The summed E-state index contributed by atoms with van der Waals surface area (Å²) in [6.07, 6.45) is 1.72. The zero-order valence-electron chi connectivity index (χ0n) is 9.84. The van der Waals surface area contributed by atoms with Crippen LogP contribution < -0.4 is 0 Å². The second kappa shape index (κ2) is 4.41. The van der Waals surface area contributed by atoms with Crippen molar-refractivity contribution in [3.8, 4) is 11.3 Å². The molecule has 0 aliphatic rings. The van der Waals surface area contributed by atoms with Gasteiger partial charge in [0.15, 0.2) is 0 Å². The lowest BCUT2D eigenvalue weighted by Crippen LogP contribution is -2.01. The number of hydrogen-bond acceptors (Lipinski definition) is 2. The number of aromatic nitrogens is 2. The molecule has 0 saturated carbocycles. The van der Waals surface area contributed by atoms with Gasteiger partial charge in [-0.2, -0.15) is 5.10 Å². The summed E-state index contributed by atoms with van der Waals surface area (Å²) in [6.45, 7) is 4.66. The maximum Gasteiger partial charge on any atom is 0.335 e. The van der Waals surface area contributed by atoms with Crippen LogP contribution in [0, 0.1) is 6.92 Å². The fourth-order valence-corrected chi connectivity index (χ4v) is 1.88. The SMILES string of the molecule is CCn1nccc1-c1cc(C)cc(C(=O)O)c1. The number of hydrogen-bond donors (Lipinski definition) is 1. The van der Waals surface area contributed by atoms with E-state index in [9.17, 15) is 4.79 Å². The molecule has 0 fully saturated rings. The van der Waals surface area contributed by atoms with Crippen LogP contribution in [0.15, 0.2) is 30.5 Å². The Morgan fingerprint density at radius 2 is 2.18 bits per heavy atom. The summed E-state index contributed by atoms with van der Waals surface area (Å²) in [5.74, 6) is -0.905. The number of aryl methyl sites for hydroxylation is 2. The van der Waals surface area contributed by atoms with Gasteiger partial charge in [-0.1, -0.05) is 0 Å². The summed E-state index contributed by atoms with van der Waals surface area (Å²) in [7, 11) is 0. The Morgan fingerprint density at radius 1 is 1.41 bits per heavy atom. The van der Waals surface area contributed by atoms with E-state index in [-0.39, 0.29) is 0 Å². The fraction of sp³-hybridized carbons (Fsp3) is 0.231. The number of nitrogens with zero attached hydrogens (tertiary/aromatic N) is 2. The second-order valence-electron chi connectivity index (χ2n) is 3.93. The lowest BCUT2D eigenvalue weighted by atomic mass is 10.0. The number of rotatable bonds is 3. The van der Waals surface area contributed by atoms with Crippen LogP contribution >= 0.6 is 0 Å². The quantitative estimate of drug-likeness (QED) is 0.881. The molecule has 0 spiro atoms. The zero-order valence-corrected chi connectivity index (χ0v) is 9.84. The van der Waals surface area contributed by atoms with E-state index < -0.39 is 5.97 Å². The molecule has 0 radical (unpaired) electrons. The maximum absolute atomic E-state index is 11.0. The Balaban J connectivity index is 2.56. The van der Waals surface area contributed by atoms with E-state index in [1.54, 1.807) is 18.3 Å². The Labute approximate surface area is 99.5 Å². The topological polar surface area (TPSA) is 55.1 Å². The molecule has 17 heavy (non-hydrogen) atoms. The molecule has 1 heterocycles. The summed E-state index contributed by atoms with van der Waals surface area (Å²) < 4.78 is 1.85. The van der Waals surface area contributed by atoms with Gasteiger partial charge >= 0.3 is 5.97 Å². The number of benzene rings is 1. The van der Waals surface area contributed by atoms with E-state index >= 15 is 0 Å². The third kappa shape index (κ3) is 2.20. The van der Waals surface area contributed by atoms with Crippen molar-refractivity contribution in [2.45, 2.75) is 20.4 Å². The summed E-state index contributed by atoms with van der Waals surface area (Å²) in [4.78, 5) is 11.0. The molecule has 88 valence electrons. The van der Waals surface area contributed by atoms with E-state index in [0.717, 1.165) is 23.4 Å². The largest absolute Gasteiger partial charge is 0.478 e. The highest BCUT2D eigenvalue weighted by Gasteiger charge is 2.09. The van der Waals surface area contributed by atoms with E-state index in [0.29, 0.717) is 5.56 Å². The summed E-state index contributed by atoms with van der Waals surface area (Å²) in [5, 5.41) is 13.2. The summed E-state index contributed by atoms with van der Waals surface area (Å²) >= 11 is 0. The minimum atomic E-state index is -0.905. The molecule has 0 aliphatic heterocycles. The van der Waals surface area contributed by atoms with Crippen molar-refractivity contribution in [3.05, 3.63) is 41.6 Å². The molecule has 0 aliphatic carbocycles. The van der Waals surface area contributed by atoms with Crippen LogP contribution in [0.1, 0.15) is 22.8 Å². The third-order valence-corrected chi connectivity index (χ3v) is 2.64. The molecule has 0 amide bonds. The number of carbonyl (C=O) groups is 1. The van der Waals surface area contributed by atoms with Gasteiger partial charge in [-0.3, -0.25) is 4.68 Å². The molecule has 1 aromatic heterocycles. The van der Waals surface area contributed by atoms with Crippen molar-refractivity contribution in [3.63, 3.8) is 0 Å². The van der Waals surface area contributed by atoms with Crippen LogP contribution in [0.3, 0.4) is 0 Å². The van der Waals surface area contributed by atoms with Gasteiger partial charge in [-0.15, -0.1) is 0 Å². The monoisotopic (exact) mass is 230 g/mol. The lowest BCUT2D eigenvalue weighted by molar-refractivity contribution is 0.0697. The Bertz CT molecular complexity index is 558. The minimum Gasteiger partial charge on any atom is -0.478 e. The molecule has 4 nitrogen and oxygen atoms in total. The average Bonchev–Trinajstić information content (AvgIpc) is 2.76. The predicted molar refractivity (Wildman–Crippen MR) is 65.0 cm³/mol. The summed E-state index contributed by atoms with van der Waals surface area (Å²) in [6, 6.07) is 7.20. The maximum atomic E-state index is 11.0. The Kier molecular flexibility index (Phi) is 2.95. The van der Waals surface area contributed by atoms with Gasteiger partial charge in [0.1, 0.15) is 0 Å². The van der Waals surface area contributed by atoms with Crippen LogP contribution in [0.4, 0.5) is 0 Å². The molecule has 0 saturated heterocycles. The van der Waals surface area contributed by atoms with E-state index in [4.69, 9.17) is 5.11 Å². The van der Waals surface area contributed by atoms with Crippen molar-refractivity contribution in [2.24, 2.45) is 0 Å². The lowest BCUT2D eigenvalue weighted by Gasteiger charge is -2.07. The zero-order chi connectivity index (χ0) is 12.4.